The predicted molar refractivity (Wildman–Crippen MR) is 175 cm³/mol. The van der Waals surface area contributed by atoms with Crippen LogP contribution in [0, 0.1) is 11.7 Å². The van der Waals surface area contributed by atoms with E-state index in [1.54, 1.807) is 23.1 Å². The number of amides is 1. The fourth-order valence-electron chi connectivity index (χ4n) is 6.63. The summed E-state index contributed by atoms with van der Waals surface area (Å²) in [6.07, 6.45) is -2.26. The van der Waals surface area contributed by atoms with Crippen molar-refractivity contribution in [3.63, 3.8) is 0 Å². The number of piperidine rings is 2. The van der Waals surface area contributed by atoms with Crippen molar-refractivity contribution in [3.05, 3.63) is 47.8 Å². The molecule has 4 saturated heterocycles. The summed E-state index contributed by atoms with van der Waals surface area (Å²) in [7, 11) is 0. The molecule has 8 nitrogen and oxygen atoms in total. The van der Waals surface area contributed by atoms with E-state index in [1.165, 1.54) is 12.1 Å². The van der Waals surface area contributed by atoms with Gasteiger partial charge in [0, 0.05) is 95.1 Å². The SMILES string of the molecule is Cl.Cl.O=C(c1ccc(O[C@H]2CCNC2)c(N2CCC(C(F)(F)F)CC2)c1)N1CCC(Oc2cc(F)cc(N3CCNCC3)c2)CC1. The summed E-state index contributed by atoms with van der Waals surface area (Å²) in [6.45, 7) is 6.35. The van der Waals surface area contributed by atoms with Gasteiger partial charge in [0.2, 0.25) is 0 Å². The Balaban J connectivity index is 0.00000240. The molecule has 1 amide bonds. The summed E-state index contributed by atoms with van der Waals surface area (Å²) < 4.78 is 66.9. The number of rotatable bonds is 7. The standard InChI is InChI=1S/C32H41F4N5O3.2ClH/c33-24-18-25(39-15-9-37-10-16-39)20-28(19-24)43-26-6-13-41(14-7-26)31(42)22-1-2-30(44-27-3-8-38-21-27)29(17-22)40-11-4-23(5-12-40)32(34,35)36;;/h1-2,17-20,23,26-27,37-38H,3-16,21H2;2*1H/t27-;;/m0../s1. The Morgan fingerprint density at radius 2 is 1.48 bits per heavy atom. The number of carbonyl (C=O) groups excluding carboxylic acids is 1. The van der Waals surface area contributed by atoms with E-state index in [9.17, 15) is 22.4 Å². The van der Waals surface area contributed by atoms with Gasteiger partial charge in [-0.05, 0) is 50.1 Å². The van der Waals surface area contributed by atoms with Crippen LogP contribution in [-0.2, 0) is 0 Å². The highest BCUT2D eigenvalue weighted by Crippen LogP contribution is 2.39. The molecule has 0 radical (unpaired) electrons. The number of hydrogen-bond acceptors (Lipinski definition) is 7. The van der Waals surface area contributed by atoms with E-state index in [2.05, 4.69) is 15.5 Å². The van der Waals surface area contributed by atoms with Gasteiger partial charge in [-0.15, -0.1) is 24.8 Å². The number of nitrogens with zero attached hydrogens (tertiary/aromatic N) is 3. The van der Waals surface area contributed by atoms with Crippen molar-refractivity contribution in [2.24, 2.45) is 5.92 Å². The van der Waals surface area contributed by atoms with Crippen molar-refractivity contribution >= 4 is 42.1 Å². The monoisotopic (exact) mass is 691 g/mol. The first-order chi connectivity index (χ1) is 21.2. The van der Waals surface area contributed by atoms with Crippen LogP contribution in [0.2, 0.25) is 0 Å². The minimum Gasteiger partial charge on any atom is -0.490 e. The fraction of sp³-hybridized carbons (Fsp3) is 0.594. The minimum atomic E-state index is -4.20. The normalized spacial score (nSPS) is 21.4. The summed E-state index contributed by atoms with van der Waals surface area (Å²) in [4.78, 5) is 19.5. The highest BCUT2D eigenvalue weighted by atomic mass is 35.5. The maximum Gasteiger partial charge on any atom is 0.391 e. The van der Waals surface area contributed by atoms with Crippen molar-refractivity contribution in [3.8, 4) is 11.5 Å². The number of alkyl halides is 3. The van der Waals surface area contributed by atoms with Crippen LogP contribution < -0.4 is 29.9 Å². The number of carbonyl (C=O) groups is 1. The molecule has 4 heterocycles. The van der Waals surface area contributed by atoms with E-state index in [-0.39, 0.29) is 74.7 Å². The Hall–Kier alpha value is -2.67. The van der Waals surface area contributed by atoms with Crippen LogP contribution in [0.25, 0.3) is 0 Å². The largest absolute Gasteiger partial charge is 0.490 e. The number of halogens is 6. The zero-order chi connectivity index (χ0) is 30.7. The summed E-state index contributed by atoms with van der Waals surface area (Å²) in [5.74, 6) is -0.677. The number of piperazine rings is 1. The fourth-order valence-corrected chi connectivity index (χ4v) is 6.63. The third-order valence-corrected chi connectivity index (χ3v) is 9.18. The zero-order valence-electron chi connectivity index (χ0n) is 25.7. The molecular formula is C32H43Cl2F4N5O3. The molecule has 4 aliphatic heterocycles. The van der Waals surface area contributed by atoms with Gasteiger partial charge in [0.1, 0.15) is 29.5 Å². The lowest BCUT2D eigenvalue weighted by molar-refractivity contribution is -0.179. The first-order valence-corrected chi connectivity index (χ1v) is 15.8. The van der Waals surface area contributed by atoms with Crippen LogP contribution in [-0.4, -0.2) is 94.6 Å². The van der Waals surface area contributed by atoms with Crippen molar-refractivity contribution in [1.29, 1.82) is 0 Å². The number of nitrogens with one attached hydrogen (secondary N) is 2. The molecule has 2 aromatic carbocycles. The molecule has 0 bridgehead atoms. The molecule has 4 fully saturated rings. The Morgan fingerprint density at radius 3 is 2.13 bits per heavy atom. The van der Waals surface area contributed by atoms with Crippen molar-refractivity contribution < 1.29 is 31.8 Å². The predicted octanol–water partition coefficient (Wildman–Crippen LogP) is 5.28. The Bertz CT molecular complexity index is 1300. The molecule has 4 aliphatic rings. The van der Waals surface area contributed by atoms with Gasteiger partial charge < -0.3 is 34.8 Å². The molecule has 0 unspecified atom stereocenters. The maximum atomic E-state index is 14.4. The molecule has 0 saturated carbocycles. The number of benzene rings is 2. The molecule has 2 N–H and O–H groups in total. The van der Waals surface area contributed by atoms with Crippen LogP contribution in [0.4, 0.5) is 28.9 Å². The van der Waals surface area contributed by atoms with Gasteiger partial charge in [-0.25, -0.2) is 4.39 Å². The van der Waals surface area contributed by atoms with Gasteiger partial charge in [0.25, 0.3) is 5.91 Å². The van der Waals surface area contributed by atoms with Gasteiger partial charge in [0.15, 0.2) is 0 Å². The topological polar surface area (TPSA) is 69.3 Å². The van der Waals surface area contributed by atoms with E-state index in [1.807, 2.05) is 11.0 Å². The Labute approximate surface area is 280 Å². The van der Waals surface area contributed by atoms with E-state index in [0.29, 0.717) is 55.2 Å². The molecule has 6 rings (SSSR count). The lowest BCUT2D eigenvalue weighted by Gasteiger charge is -2.36. The van der Waals surface area contributed by atoms with Gasteiger partial charge in [-0.2, -0.15) is 13.2 Å². The summed E-state index contributed by atoms with van der Waals surface area (Å²) in [5, 5.41) is 6.57. The van der Waals surface area contributed by atoms with E-state index >= 15 is 0 Å². The van der Waals surface area contributed by atoms with Crippen molar-refractivity contribution in [2.45, 2.75) is 50.5 Å². The van der Waals surface area contributed by atoms with Crippen LogP contribution in [0.5, 0.6) is 11.5 Å². The molecule has 2 aromatic rings. The average Bonchev–Trinajstić information content (AvgIpc) is 3.54. The lowest BCUT2D eigenvalue weighted by Crippen LogP contribution is -2.43. The lowest BCUT2D eigenvalue weighted by atomic mass is 9.95. The van der Waals surface area contributed by atoms with Crippen molar-refractivity contribution in [2.75, 3.05) is 75.2 Å². The molecule has 0 spiro atoms. The third-order valence-electron chi connectivity index (χ3n) is 9.18. The Kier molecular flexibility index (Phi) is 12.5. The smallest absolute Gasteiger partial charge is 0.391 e. The average molecular weight is 693 g/mol. The van der Waals surface area contributed by atoms with Crippen LogP contribution in [0.1, 0.15) is 42.5 Å². The van der Waals surface area contributed by atoms with Crippen LogP contribution in [0.3, 0.4) is 0 Å². The molecule has 256 valence electrons. The first-order valence-electron chi connectivity index (χ1n) is 15.8. The zero-order valence-corrected chi connectivity index (χ0v) is 27.3. The molecule has 0 aliphatic carbocycles. The molecule has 14 heteroatoms. The maximum absolute atomic E-state index is 14.4. The van der Waals surface area contributed by atoms with E-state index in [4.69, 9.17) is 9.47 Å². The second-order valence-corrected chi connectivity index (χ2v) is 12.2. The number of likely N-dealkylation sites (tertiary alicyclic amines) is 1. The summed E-state index contributed by atoms with van der Waals surface area (Å²) in [6, 6.07) is 10.1. The molecule has 0 aromatic heterocycles. The summed E-state index contributed by atoms with van der Waals surface area (Å²) in [5.41, 5.74) is 1.97. The number of hydrogen-bond donors (Lipinski definition) is 2. The second kappa shape index (κ2) is 16.0. The molecule has 46 heavy (non-hydrogen) atoms. The third kappa shape index (κ3) is 8.81. The van der Waals surface area contributed by atoms with Crippen LogP contribution in [0.15, 0.2) is 36.4 Å². The van der Waals surface area contributed by atoms with Gasteiger partial charge in [-0.3, -0.25) is 4.79 Å². The Morgan fingerprint density at radius 1 is 0.761 bits per heavy atom. The van der Waals surface area contributed by atoms with Gasteiger partial charge in [0.05, 0.1) is 11.6 Å². The number of anilines is 2. The van der Waals surface area contributed by atoms with E-state index in [0.717, 1.165) is 44.8 Å². The van der Waals surface area contributed by atoms with Gasteiger partial charge in [-0.1, -0.05) is 0 Å². The molecular weight excluding hydrogens is 649 g/mol. The highest BCUT2D eigenvalue weighted by molar-refractivity contribution is 5.95. The van der Waals surface area contributed by atoms with Crippen LogP contribution >= 0.6 is 24.8 Å². The quantitative estimate of drug-likeness (QED) is 0.383. The van der Waals surface area contributed by atoms with Gasteiger partial charge >= 0.3 is 6.18 Å². The highest BCUT2D eigenvalue weighted by Gasteiger charge is 2.41. The first kappa shape index (κ1) is 36.2. The minimum absolute atomic E-state index is 0. The molecule has 1 atom stereocenters. The van der Waals surface area contributed by atoms with Crippen molar-refractivity contribution in [1.82, 2.24) is 15.5 Å². The second-order valence-electron chi connectivity index (χ2n) is 12.2. The number of ether oxygens (including phenoxy) is 2. The summed E-state index contributed by atoms with van der Waals surface area (Å²) >= 11 is 0. The van der Waals surface area contributed by atoms with E-state index < -0.39 is 12.1 Å².